The molecule has 0 bridgehead atoms. The first-order chi connectivity index (χ1) is 10.4. The number of para-hydroxylation sites is 1. The smallest absolute Gasteiger partial charge is 0.231 e. The Balaban J connectivity index is 1.52. The molecule has 5 heteroatoms. The van der Waals surface area contributed by atoms with E-state index >= 15 is 0 Å². The van der Waals surface area contributed by atoms with Crippen molar-refractivity contribution in [3.8, 4) is 23.0 Å². The third-order valence-electron chi connectivity index (χ3n) is 3.50. The lowest BCUT2D eigenvalue weighted by molar-refractivity contribution is 0.170. The zero-order valence-corrected chi connectivity index (χ0v) is 11.4. The summed E-state index contributed by atoms with van der Waals surface area (Å²) < 4.78 is 22.0. The minimum absolute atomic E-state index is 0.288. The van der Waals surface area contributed by atoms with E-state index in [0.29, 0.717) is 19.8 Å². The summed E-state index contributed by atoms with van der Waals surface area (Å²) in [5, 5.41) is 3.37. The van der Waals surface area contributed by atoms with Crippen molar-refractivity contribution in [3.05, 3.63) is 42.0 Å². The van der Waals surface area contributed by atoms with Crippen molar-refractivity contribution in [2.24, 2.45) is 0 Å². The van der Waals surface area contributed by atoms with Gasteiger partial charge in [-0.25, -0.2) is 0 Å². The van der Waals surface area contributed by atoms with Crippen molar-refractivity contribution < 1.29 is 18.9 Å². The molecule has 0 amide bonds. The van der Waals surface area contributed by atoms with E-state index in [1.54, 1.807) is 0 Å². The first-order valence-electron chi connectivity index (χ1n) is 6.91. The van der Waals surface area contributed by atoms with Gasteiger partial charge in [0.1, 0.15) is 13.2 Å². The molecule has 0 fully saturated rings. The van der Waals surface area contributed by atoms with Crippen LogP contribution in [0.1, 0.15) is 5.56 Å². The van der Waals surface area contributed by atoms with Crippen LogP contribution in [0.15, 0.2) is 36.4 Å². The summed E-state index contributed by atoms with van der Waals surface area (Å²) in [5.41, 5.74) is 2.05. The molecule has 2 aliphatic rings. The number of rotatable bonds is 3. The number of hydrogen-bond acceptors (Lipinski definition) is 5. The second-order valence-electron chi connectivity index (χ2n) is 4.86. The molecule has 0 atom stereocenters. The van der Waals surface area contributed by atoms with Crippen LogP contribution in [-0.2, 0) is 6.54 Å². The Morgan fingerprint density at radius 2 is 1.76 bits per heavy atom. The molecule has 2 heterocycles. The zero-order chi connectivity index (χ0) is 14.1. The number of hydrogen-bond donors (Lipinski definition) is 1. The molecular formula is C16H15NO4. The number of ether oxygens (including phenoxy) is 4. The van der Waals surface area contributed by atoms with Gasteiger partial charge < -0.3 is 24.3 Å². The van der Waals surface area contributed by atoms with E-state index in [0.717, 1.165) is 34.2 Å². The topological polar surface area (TPSA) is 49.0 Å². The van der Waals surface area contributed by atoms with Gasteiger partial charge in [0, 0.05) is 23.9 Å². The van der Waals surface area contributed by atoms with E-state index in [-0.39, 0.29) is 6.79 Å². The minimum Gasteiger partial charge on any atom is -0.486 e. The maximum absolute atomic E-state index is 5.71. The second kappa shape index (κ2) is 5.09. The standard InChI is InChI=1S/C16H15NO4/c1-2-11(16-14(3-1)18-6-7-19-16)9-17-12-4-5-13-15(8-12)21-10-20-13/h1-5,8,17H,6-7,9-10H2. The lowest BCUT2D eigenvalue weighted by Gasteiger charge is -2.21. The van der Waals surface area contributed by atoms with Crippen LogP contribution in [0, 0.1) is 0 Å². The first-order valence-corrected chi connectivity index (χ1v) is 6.91. The van der Waals surface area contributed by atoms with E-state index in [1.807, 2.05) is 36.4 Å². The van der Waals surface area contributed by atoms with Gasteiger partial charge in [0.05, 0.1) is 0 Å². The van der Waals surface area contributed by atoms with Crippen LogP contribution < -0.4 is 24.3 Å². The van der Waals surface area contributed by atoms with Gasteiger partial charge in [0.15, 0.2) is 23.0 Å². The predicted molar refractivity (Wildman–Crippen MR) is 77.3 cm³/mol. The van der Waals surface area contributed by atoms with Crippen molar-refractivity contribution in [2.75, 3.05) is 25.3 Å². The molecule has 1 N–H and O–H groups in total. The Kier molecular flexibility index (Phi) is 2.96. The van der Waals surface area contributed by atoms with Gasteiger partial charge >= 0.3 is 0 Å². The van der Waals surface area contributed by atoms with Crippen LogP contribution in [0.4, 0.5) is 5.69 Å². The van der Waals surface area contributed by atoms with Gasteiger partial charge in [-0.1, -0.05) is 12.1 Å². The molecule has 4 rings (SSSR count). The van der Waals surface area contributed by atoms with Crippen molar-refractivity contribution in [1.82, 2.24) is 0 Å². The molecule has 0 aromatic heterocycles. The highest BCUT2D eigenvalue weighted by molar-refractivity contribution is 5.56. The highest BCUT2D eigenvalue weighted by atomic mass is 16.7. The number of benzene rings is 2. The SMILES string of the molecule is c1cc(CNc2ccc3c(c2)OCO3)c2c(c1)OCCO2. The average molecular weight is 285 g/mol. The maximum atomic E-state index is 5.71. The number of fused-ring (bicyclic) bond motifs is 2. The van der Waals surface area contributed by atoms with Crippen molar-refractivity contribution in [1.29, 1.82) is 0 Å². The number of nitrogens with one attached hydrogen (secondary N) is 1. The summed E-state index contributed by atoms with van der Waals surface area (Å²) in [4.78, 5) is 0. The Hall–Kier alpha value is -2.56. The molecule has 0 saturated carbocycles. The fourth-order valence-electron chi connectivity index (χ4n) is 2.48. The third kappa shape index (κ3) is 2.31. The maximum Gasteiger partial charge on any atom is 0.231 e. The van der Waals surface area contributed by atoms with Gasteiger partial charge in [-0.05, 0) is 18.2 Å². The van der Waals surface area contributed by atoms with Crippen LogP contribution in [0.2, 0.25) is 0 Å². The van der Waals surface area contributed by atoms with Gasteiger partial charge in [-0.15, -0.1) is 0 Å². The molecule has 0 spiro atoms. The summed E-state index contributed by atoms with van der Waals surface area (Å²) in [6.45, 7) is 2.14. The fraction of sp³-hybridized carbons (Fsp3) is 0.250. The van der Waals surface area contributed by atoms with Crippen LogP contribution in [0.25, 0.3) is 0 Å². The van der Waals surface area contributed by atoms with Gasteiger partial charge in [0.25, 0.3) is 0 Å². The van der Waals surface area contributed by atoms with Gasteiger partial charge in [-0.3, -0.25) is 0 Å². The Morgan fingerprint density at radius 1 is 0.857 bits per heavy atom. The molecule has 2 aromatic carbocycles. The largest absolute Gasteiger partial charge is 0.486 e. The van der Waals surface area contributed by atoms with Crippen LogP contribution >= 0.6 is 0 Å². The Labute approximate surface area is 122 Å². The van der Waals surface area contributed by atoms with Crippen molar-refractivity contribution in [3.63, 3.8) is 0 Å². The molecule has 2 aliphatic heterocycles. The van der Waals surface area contributed by atoms with Crippen LogP contribution in [0.5, 0.6) is 23.0 Å². The normalized spacial score (nSPS) is 14.9. The Morgan fingerprint density at radius 3 is 2.76 bits per heavy atom. The third-order valence-corrected chi connectivity index (χ3v) is 3.50. The zero-order valence-electron chi connectivity index (χ0n) is 11.4. The second-order valence-corrected chi connectivity index (χ2v) is 4.86. The lowest BCUT2D eigenvalue weighted by atomic mass is 10.1. The summed E-state index contributed by atoms with van der Waals surface area (Å²) in [6, 6.07) is 11.8. The highest BCUT2D eigenvalue weighted by Crippen LogP contribution is 2.36. The molecule has 0 radical (unpaired) electrons. The molecule has 0 saturated heterocycles. The number of anilines is 1. The minimum atomic E-state index is 0.288. The summed E-state index contributed by atoms with van der Waals surface area (Å²) in [7, 11) is 0. The molecule has 5 nitrogen and oxygen atoms in total. The van der Waals surface area contributed by atoms with Gasteiger partial charge in [0.2, 0.25) is 6.79 Å². The van der Waals surface area contributed by atoms with Crippen LogP contribution in [-0.4, -0.2) is 20.0 Å². The van der Waals surface area contributed by atoms with E-state index in [2.05, 4.69) is 5.32 Å². The molecule has 0 unspecified atom stereocenters. The quantitative estimate of drug-likeness (QED) is 0.939. The predicted octanol–water partition coefficient (Wildman–Crippen LogP) is 2.80. The van der Waals surface area contributed by atoms with E-state index < -0.39 is 0 Å². The molecular weight excluding hydrogens is 270 g/mol. The first kappa shape index (κ1) is 12.2. The monoisotopic (exact) mass is 285 g/mol. The van der Waals surface area contributed by atoms with Crippen molar-refractivity contribution >= 4 is 5.69 Å². The average Bonchev–Trinajstić information content (AvgIpc) is 3.00. The summed E-state index contributed by atoms with van der Waals surface area (Å²) in [5.74, 6) is 3.20. The van der Waals surface area contributed by atoms with E-state index in [1.165, 1.54) is 0 Å². The van der Waals surface area contributed by atoms with Gasteiger partial charge in [-0.2, -0.15) is 0 Å². The van der Waals surface area contributed by atoms with E-state index in [9.17, 15) is 0 Å². The van der Waals surface area contributed by atoms with Crippen molar-refractivity contribution in [2.45, 2.75) is 6.54 Å². The molecule has 108 valence electrons. The molecule has 0 aliphatic carbocycles. The lowest BCUT2D eigenvalue weighted by Crippen LogP contribution is -2.17. The fourth-order valence-corrected chi connectivity index (χ4v) is 2.48. The molecule has 21 heavy (non-hydrogen) atoms. The highest BCUT2D eigenvalue weighted by Gasteiger charge is 2.16. The molecule has 2 aromatic rings. The summed E-state index contributed by atoms with van der Waals surface area (Å²) in [6.07, 6.45) is 0. The van der Waals surface area contributed by atoms with Crippen LogP contribution in [0.3, 0.4) is 0 Å². The summed E-state index contributed by atoms with van der Waals surface area (Å²) >= 11 is 0. The van der Waals surface area contributed by atoms with E-state index in [4.69, 9.17) is 18.9 Å². The Bertz CT molecular complexity index is 671.